The Morgan fingerprint density at radius 1 is 1.41 bits per heavy atom. The van der Waals surface area contributed by atoms with E-state index in [0.29, 0.717) is 12.1 Å². The van der Waals surface area contributed by atoms with E-state index in [-0.39, 0.29) is 23.2 Å². The van der Waals surface area contributed by atoms with Crippen molar-refractivity contribution in [2.75, 3.05) is 20.2 Å². The molecular weight excluding hydrogens is 284 g/mol. The fourth-order valence-corrected chi connectivity index (χ4v) is 3.51. The molecule has 1 unspecified atom stereocenters. The molecule has 1 aliphatic heterocycles. The van der Waals surface area contributed by atoms with E-state index in [1.807, 2.05) is 0 Å². The SMILES string of the molecule is COC1CCN([C@H]2CCC[C@H]2NC(=O)c2ccc(=O)[nH]n2)C1. The summed E-state index contributed by atoms with van der Waals surface area (Å²) in [6.45, 7) is 1.96. The maximum Gasteiger partial charge on any atom is 0.271 e. The Hall–Kier alpha value is -1.73. The van der Waals surface area contributed by atoms with Crippen LogP contribution in [0.25, 0.3) is 0 Å². The van der Waals surface area contributed by atoms with Crippen LogP contribution in [0.2, 0.25) is 0 Å². The number of likely N-dealkylation sites (tertiary alicyclic amines) is 1. The summed E-state index contributed by atoms with van der Waals surface area (Å²) < 4.78 is 5.43. The number of carbonyl (C=O) groups is 1. The third-order valence-electron chi connectivity index (χ3n) is 4.69. The predicted molar refractivity (Wildman–Crippen MR) is 80.7 cm³/mol. The van der Waals surface area contributed by atoms with E-state index in [1.54, 1.807) is 7.11 Å². The zero-order valence-electron chi connectivity index (χ0n) is 12.7. The number of aromatic nitrogens is 2. The average Bonchev–Trinajstić information content (AvgIpc) is 3.16. The van der Waals surface area contributed by atoms with Gasteiger partial charge < -0.3 is 10.1 Å². The second-order valence-corrected chi connectivity index (χ2v) is 6.03. The molecule has 0 aromatic carbocycles. The lowest BCUT2D eigenvalue weighted by atomic mass is 10.1. The first-order chi connectivity index (χ1) is 10.7. The molecule has 120 valence electrons. The lowest BCUT2D eigenvalue weighted by molar-refractivity contribution is 0.0868. The Bertz CT molecular complexity index is 568. The average molecular weight is 306 g/mol. The van der Waals surface area contributed by atoms with Crippen molar-refractivity contribution in [3.63, 3.8) is 0 Å². The van der Waals surface area contributed by atoms with Crippen LogP contribution >= 0.6 is 0 Å². The number of carbonyl (C=O) groups excluding carboxylic acids is 1. The van der Waals surface area contributed by atoms with Gasteiger partial charge in [-0.3, -0.25) is 14.5 Å². The molecule has 22 heavy (non-hydrogen) atoms. The highest BCUT2D eigenvalue weighted by atomic mass is 16.5. The van der Waals surface area contributed by atoms with Crippen molar-refractivity contribution in [3.8, 4) is 0 Å². The van der Waals surface area contributed by atoms with E-state index >= 15 is 0 Å². The lowest BCUT2D eigenvalue weighted by Gasteiger charge is -2.29. The second-order valence-electron chi connectivity index (χ2n) is 6.03. The monoisotopic (exact) mass is 306 g/mol. The maximum absolute atomic E-state index is 12.3. The Labute approximate surface area is 129 Å². The Balaban J connectivity index is 1.62. The van der Waals surface area contributed by atoms with Crippen LogP contribution in [0.3, 0.4) is 0 Å². The molecule has 1 aliphatic carbocycles. The summed E-state index contributed by atoms with van der Waals surface area (Å²) in [5.74, 6) is -0.226. The smallest absolute Gasteiger partial charge is 0.271 e. The molecule has 1 aromatic rings. The van der Waals surface area contributed by atoms with Crippen molar-refractivity contribution < 1.29 is 9.53 Å². The van der Waals surface area contributed by atoms with Crippen LogP contribution in [-0.4, -0.2) is 59.4 Å². The van der Waals surface area contributed by atoms with Crippen LogP contribution < -0.4 is 10.9 Å². The first-order valence-corrected chi connectivity index (χ1v) is 7.81. The first kappa shape index (κ1) is 15.2. The fourth-order valence-electron chi connectivity index (χ4n) is 3.51. The molecule has 7 heteroatoms. The summed E-state index contributed by atoms with van der Waals surface area (Å²) in [6, 6.07) is 3.27. The van der Waals surface area contributed by atoms with Crippen molar-refractivity contribution in [2.24, 2.45) is 0 Å². The van der Waals surface area contributed by atoms with E-state index in [1.165, 1.54) is 12.1 Å². The number of amides is 1. The quantitative estimate of drug-likeness (QED) is 0.826. The zero-order chi connectivity index (χ0) is 15.5. The Kier molecular flexibility index (Phi) is 4.54. The van der Waals surface area contributed by atoms with E-state index in [0.717, 1.165) is 38.8 Å². The minimum absolute atomic E-state index is 0.136. The normalized spacial score (nSPS) is 28.9. The predicted octanol–water partition coefficient (Wildman–Crippen LogP) is 0.142. The Morgan fingerprint density at radius 2 is 2.27 bits per heavy atom. The third-order valence-corrected chi connectivity index (χ3v) is 4.69. The molecule has 2 aliphatic rings. The Morgan fingerprint density at radius 3 is 2.95 bits per heavy atom. The summed E-state index contributed by atoms with van der Waals surface area (Å²) in [5, 5.41) is 9.15. The fraction of sp³-hybridized carbons (Fsp3) is 0.667. The summed E-state index contributed by atoms with van der Waals surface area (Å²) in [7, 11) is 1.75. The number of hydrogen-bond donors (Lipinski definition) is 2. The number of ether oxygens (including phenoxy) is 1. The van der Waals surface area contributed by atoms with Gasteiger partial charge in [-0.05, 0) is 31.7 Å². The summed E-state index contributed by atoms with van der Waals surface area (Å²) in [5.41, 5.74) is -0.0561. The van der Waals surface area contributed by atoms with Gasteiger partial charge in [-0.15, -0.1) is 0 Å². The van der Waals surface area contributed by atoms with E-state index < -0.39 is 0 Å². The van der Waals surface area contributed by atoms with E-state index in [9.17, 15) is 9.59 Å². The summed E-state index contributed by atoms with van der Waals surface area (Å²) >= 11 is 0. The van der Waals surface area contributed by atoms with Crippen LogP contribution in [-0.2, 0) is 4.74 Å². The van der Waals surface area contributed by atoms with Crippen molar-refractivity contribution in [1.29, 1.82) is 0 Å². The molecule has 0 radical (unpaired) electrons. The third kappa shape index (κ3) is 3.20. The molecule has 1 saturated heterocycles. The van der Waals surface area contributed by atoms with Gasteiger partial charge in [0.25, 0.3) is 11.5 Å². The van der Waals surface area contributed by atoms with Gasteiger partial charge in [0.05, 0.1) is 6.10 Å². The van der Waals surface area contributed by atoms with Gasteiger partial charge in [-0.1, -0.05) is 0 Å². The number of rotatable bonds is 4. The second kappa shape index (κ2) is 6.58. The lowest BCUT2D eigenvalue weighted by Crippen LogP contribution is -2.48. The number of methoxy groups -OCH3 is 1. The molecular formula is C15H22N4O3. The van der Waals surface area contributed by atoms with Gasteiger partial charge in [0.15, 0.2) is 0 Å². The van der Waals surface area contributed by atoms with E-state index in [4.69, 9.17) is 4.74 Å². The molecule has 2 N–H and O–H groups in total. The molecule has 1 saturated carbocycles. The molecule has 7 nitrogen and oxygen atoms in total. The van der Waals surface area contributed by atoms with Gasteiger partial charge in [0.2, 0.25) is 0 Å². The van der Waals surface area contributed by atoms with Gasteiger partial charge in [-0.2, -0.15) is 5.10 Å². The number of aromatic amines is 1. The number of H-pyrrole nitrogens is 1. The highest BCUT2D eigenvalue weighted by Gasteiger charge is 2.37. The van der Waals surface area contributed by atoms with Crippen molar-refractivity contribution in [3.05, 3.63) is 28.2 Å². The molecule has 1 amide bonds. The van der Waals surface area contributed by atoms with Crippen molar-refractivity contribution in [1.82, 2.24) is 20.4 Å². The van der Waals surface area contributed by atoms with Gasteiger partial charge in [0, 0.05) is 38.3 Å². The zero-order valence-corrected chi connectivity index (χ0v) is 12.7. The van der Waals surface area contributed by atoms with Crippen LogP contribution in [0, 0.1) is 0 Å². The van der Waals surface area contributed by atoms with Crippen molar-refractivity contribution in [2.45, 2.75) is 43.9 Å². The minimum Gasteiger partial charge on any atom is -0.380 e. The van der Waals surface area contributed by atoms with Crippen LogP contribution in [0.4, 0.5) is 0 Å². The van der Waals surface area contributed by atoms with Gasteiger partial charge in [0.1, 0.15) is 5.69 Å². The summed E-state index contributed by atoms with van der Waals surface area (Å²) in [6.07, 6.45) is 4.55. The molecule has 2 heterocycles. The molecule has 3 atom stereocenters. The largest absolute Gasteiger partial charge is 0.380 e. The van der Waals surface area contributed by atoms with Crippen molar-refractivity contribution >= 4 is 5.91 Å². The standard InChI is InChI=1S/C15H22N4O3/c1-22-10-7-8-19(9-10)13-4-2-3-11(13)16-15(21)12-5-6-14(20)18-17-12/h5-6,10-11,13H,2-4,7-9H2,1H3,(H,16,21)(H,18,20)/t10?,11-,13+/m1/s1. The minimum atomic E-state index is -0.307. The molecule has 1 aromatic heterocycles. The number of nitrogens with zero attached hydrogens (tertiary/aromatic N) is 2. The highest BCUT2D eigenvalue weighted by molar-refractivity contribution is 5.92. The van der Waals surface area contributed by atoms with Crippen LogP contribution in [0.5, 0.6) is 0 Å². The van der Waals surface area contributed by atoms with Gasteiger partial charge in [-0.25, -0.2) is 5.10 Å². The van der Waals surface area contributed by atoms with Crippen LogP contribution in [0.15, 0.2) is 16.9 Å². The topological polar surface area (TPSA) is 87.3 Å². The summed E-state index contributed by atoms with van der Waals surface area (Å²) in [4.78, 5) is 25.7. The molecule has 0 spiro atoms. The van der Waals surface area contributed by atoms with Crippen LogP contribution in [0.1, 0.15) is 36.2 Å². The number of nitrogens with one attached hydrogen (secondary N) is 2. The van der Waals surface area contributed by atoms with E-state index in [2.05, 4.69) is 20.4 Å². The maximum atomic E-state index is 12.3. The van der Waals surface area contributed by atoms with Gasteiger partial charge >= 0.3 is 0 Å². The molecule has 0 bridgehead atoms. The molecule has 2 fully saturated rings. The first-order valence-electron chi connectivity index (χ1n) is 7.81. The number of hydrogen-bond acceptors (Lipinski definition) is 5. The molecule has 3 rings (SSSR count). The highest BCUT2D eigenvalue weighted by Crippen LogP contribution is 2.28.